The fourth-order valence-corrected chi connectivity index (χ4v) is 3.28. The zero-order valence-electron chi connectivity index (χ0n) is 15.7. The van der Waals surface area contributed by atoms with Gasteiger partial charge >= 0.3 is 6.03 Å². The molecule has 7 nitrogen and oxygen atoms in total. The molecule has 1 aromatic carbocycles. The fourth-order valence-electron chi connectivity index (χ4n) is 3.28. The van der Waals surface area contributed by atoms with E-state index < -0.39 is 0 Å². The van der Waals surface area contributed by atoms with Gasteiger partial charge in [-0.1, -0.05) is 12.1 Å². The molecule has 0 aliphatic carbocycles. The van der Waals surface area contributed by atoms with Crippen molar-refractivity contribution in [2.24, 2.45) is 7.05 Å². The fraction of sp³-hybridized carbons (Fsp3) is 0.526. The summed E-state index contributed by atoms with van der Waals surface area (Å²) in [5.41, 5.74) is 2.73. The van der Waals surface area contributed by atoms with Crippen LogP contribution in [0, 0.1) is 6.92 Å². The number of benzene rings is 1. The minimum absolute atomic E-state index is 0.101. The number of urea groups is 1. The summed E-state index contributed by atoms with van der Waals surface area (Å²) in [6.07, 6.45) is 6.30. The van der Waals surface area contributed by atoms with E-state index in [0.29, 0.717) is 12.6 Å². The summed E-state index contributed by atoms with van der Waals surface area (Å²) in [6.45, 7) is 3.58. The van der Waals surface area contributed by atoms with Crippen molar-refractivity contribution in [1.82, 2.24) is 19.7 Å². The number of hydrogen-bond donors (Lipinski definition) is 1. The Morgan fingerprint density at radius 3 is 3.00 bits per heavy atom. The van der Waals surface area contributed by atoms with Crippen LogP contribution in [0.25, 0.3) is 11.4 Å². The Balaban J connectivity index is 1.59. The highest BCUT2D eigenvalue weighted by molar-refractivity contribution is 5.91. The van der Waals surface area contributed by atoms with Crippen LogP contribution in [0.4, 0.5) is 10.5 Å². The highest BCUT2D eigenvalue weighted by Crippen LogP contribution is 2.27. The van der Waals surface area contributed by atoms with Crippen LogP contribution in [0.1, 0.15) is 31.2 Å². The first-order valence-corrected chi connectivity index (χ1v) is 9.14. The number of amides is 2. The summed E-state index contributed by atoms with van der Waals surface area (Å²) in [7, 11) is 3.73. The van der Waals surface area contributed by atoms with Crippen LogP contribution in [0.15, 0.2) is 24.5 Å². The van der Waals surface area contributed by atoms with E-state index >= 15 is 0 Å². The van der Waals surface area contributed by atoms with E-state index in [2.05, 4.69) is 15.5 Å². The molecule has 26 heavy (non-hydrogen) atoms. The van der Waals surface area contributed by atoms with Crippen molar-refractivity contribution in [3.8, 4) is 11.4 Å². The average Bonchev–Trinajstić information content (AvgIpc) is 3.28. The Morgan fingerprint density at radius 2 is 2.31 bits per heavy atom. The second-order valence-electron chi connectivity index (χ2n) is 6.87. The molecule has 1 fully saturated rings. The largest absolute Gasteiger partial charge is 0.378 e. The zero-order chi connectivity index (χ0) is 18.5. The number of nitrogens with zero attached hydrogens (tertiary/aromatic N) is 4. The van der Waals surface area contributed by atoms with Crippen LogP contribution in [0.3, 0.4) is 0 Å². The molecule has 7 heteroatoms. The molecule has 2 heterocycles. The molecule has 0 radical (unpaired) electrons. The minimum atomic E-state index is -0.101. The van der Waals surface area contributed by atoms with Gasteiger partial charge < -0.3 is 19.5 Å². The van der Waals surface area contributed by atoms with Crippen molar-refractivity contribution in [3.05, 3.63) is 30.1 Å². The molecule has 0 unspecified atom stereocenters. The average molecular weight is 357 g/mol. The van der Waals surface area contributed by atoms with Crippen LogP contribution in [0.5, 0.6) is 0 Å². The molecule has 2 amide bonds. The van der Waals surface area contributed by atoms with E-state index in [9.17, 15) is 4.79 Å². The molecule has 1 N–H and O–H groups in total. The number of anilines is 1. The maximum Gasteiger partial charge on any atom is 0.321 e. The first-order chi connectivity index (χ1) is 12.6. The van der Waals surface area contributed by atoms with Crippen LogP contribution in [0.2, 0.25) is 0 Å². The molecule has 3 rings (SSSR count). The quantitative estimate of drug-likeness (QED) is 0.862. The van der Waals surface area contributed by atoms with Gasteiger partial charge in [-0.05, 0) is 44.2 Å². The molecule has 1 aromatic heterocycles. The van der Waals surface area contributed by atoms with Gasteiger partial charge in [-0.2, -0.15) is 0 Å². The van der Waals surface area contributed by atoms with Crippen molar-refractivity contribution < 1.29 is 9.53 Å². The SMILES string of the molecule is Cc1c(NC(=O)N(C)CCC[C@@H]2CCCO2)cccc1-c1nncn1C. The first-order valence-electron chi connectivity index (χ1n) is 9.14. The number of aromatic nitrogens is 3. The molecule has 1 aliphatic rings. The van der Waals surface area contributed by atoms with E-state index in [-0.39, 0.29) is 6.03 Å². The van der Waals surface area contributed by atoms with Gasteiger partial charge in [0.05, 0.1) is 6.10 Å². The maximum atomic E-state index is 12.5. The number of hydrogen-bond acceptors (Lipinski definition) is 4. The van der Waals surface area contributed by atoms with Crippen LogP contribution >= 0.6 is 0 Å². The number of carbonyl (C=O) groups is 1. The molecule has 1 atom stereocenters. The van der Waals surface area contributed by atoms with E-state index in [1.165, 1.54) is 0 Å². The van der Waals surface area contributed by atoms with Crippen LogP contribution in [-0.4, -0.2) is 52.0 Å². The summed E-state index contributed by atoms with van der Waals surface area (Å²) < 4.78 is 7.50. The Bertz CT molecular complexity index is 752. The normalized spacial score (nSPS) is 16.7. The van der Waals surface area contributed by atoms with Gasteiger partial charge in [0.2, 0.25) is 0 Å². The Kier molecular flexibility index (Phi) is 5.88. The lowest BCUT2D eigenvalue weighted by Crippen LogP contribution is -2.32. The third kappa shape index (κ3) is 4.22. The highest BCUT2D eigenvalue weighted by atomic mass is 16.5. The van der Waals surface area contributed by atoms with Crippen LogP contribution < -0.4 is 5.32 Å². The summed E-state index contributed by atoms with van der Waals surface area (Å²) >= 11 is 0. The smallest absolute Gasteiger partial charge is 0.321 e. The number of aryl methyl sites for hydroxylation is 1. The molecule has 140 valence electrons. The van der Waals surface area contributed by atoms with Gasteiger partial charge in [-0.3, -0.25) is 0 Å². The van der Waals surface area contributed by atoms with Crippen molar-refractivity contribution in [3.63, 3.8) is 0 Å². The van der Waals surface area contributed by atoms with Gasteiger partial charge in [-0.25, -0.2) is 4.79 Å². The van der Waals surface area contributed by atoms with E-state index in [1.54, 1.807) is 11.2 Å². The third-order valence-corrected chi connectivity index (χ3v) is 4.92. The van der Waals surface area contributed by atoms with Gasteiger partial charge in [0, 0.05) is 38.5 Å². The summed E-state index contributed by atoms with van der Waals surface area (Å²) in [5, 5.41) is 11.1. The van der Waals surface area contributed by atoms with Crippen molar-refractivity contribution in [2.45, 2.75) is 38.7 Å². The molecule has 0 saturated carbocycles. The van der Waals surface area contributed by atoms with Gasteiger partial charge in [-0.15, -0.1) is 10.2 Å². The summed E-state index contributed by atoms with van der Waals surface area (Å²) in [6, 6.07) is 5.72. The number of carbonyl (C=O) groups excluding carboxylic acids is 1. The lowest BCUT2D eigenvalue weighted by Gasteiger charge is -2.20. The van der Waals surface area contributed by atoms with Crippen molar-refractivity contribution >= 4 is 11.7 Å². The predicted molar refractivity (Wildman–Crippen MR) is 101 cm³/mol. The zero-order valence-corrected chi connectivity index (χ0v) is 15.7. The van der Waals surface area contributed by atoms with E-state index in [4.69, 9.17) is 4.74 Å². The maximum absolute atomic E-state index is 12.5. The van der Waals surface area contributed by atoms with Crippen LogP contribution in [-0.2, 0) is 11.8 Å². The number of rotatable bonds is 6. The molecule has 0 bridgehead atoms. The monoisotopic (exact) mass is 357 g/mol. The van der Waals surface area contributed by atoms with Crippen molar-refractivity contribution in [2.75, 3.05) is 25.5 Å². The highest BCUT2D eigenvalue weighted by Gasteiger charge is 2.17. The van der Waals surface area contributed by atoms with Gasteiger partial charge in [0.25, 0.3) is 0 Å². The van der Waals surface area contributed by atoms with E-state index in [1.807, 2.05) is 43.8 Å². The number of ether oxygens (including phenoxy) is 1. The van der Waals surface area contributed by atoms with E-state index in [0.717, 1.165) is 54.9 Å². The lowest BCUT2D eigenvalue weighted by molar-refractivity contribution is 0.101. The molecule has 2 aromatic rings. The molecular formula is C19H27N5O2. The first kappa shape index (κ1) is 18.4. The molecule has 1 saturated heterocycles. The lowest BCUT2D eigenvalue weighted by atomic mass is 10.1. The summed E-state index contributed by atoms with van der Waals surface area (Å²) in [4.78, 5) is 14.2. The molecular weight excluding hydrogens is 330 g/mol. The van der Waals surface area contributed by atoms with Gasteiger partial charge in [0.1, 0.15) is 6.33 Å². The molecule has 0 spiro atoms. The Hall–Kier alpha value is -2.41. The van der Waals surface area contributed by atoms with Gasteiger partial charge in [0.15, 0.2) is 5.82 Å². The Labute approximate surface area is 154 Å². The topological polar surface area (TPSA) is 72.3 Å². The second kappa shape index (κ2) is 8.31. The summed E-state index contributed by atoms with van der Waals surface area (Å²) in [5.74, 6) is 0.781. The van der Waals surface area contributed by atoms with Crippen molar-refractivity contribution in [1.29, 1.82) is 0 Å². The minimum Gasteiger partial charge on any atom is -0.378 e. The predicted octanol–water partition coefficient (Wildman–Crippen LogP) is 3.21. The third-order valence-electron chi connectivity index (χ3n) is 4.92. The number of nitrogens with one attached hydrogen (secondary N) is 1. The Morgan fingerprint density at radius 1 is 1.46 bits per heavy atom. The molecule has 1 aliphatic heterocycles. The standard InChI is InChI=1S/C19H27N5O2/c1-14-16(18-22-20-13-24(18)3)9-4-10-17(14)21-19(25)23(2)11-5-7-15-8-6-12-26-15/h4,9-10,13,15H,5-8,11-12H2,1-3H3,(H,21,25)/t15-/m1/s1. The second-order valence-corrected chi connectivity index (χ2v) is 6.87.